The number of carboxylic acids is 1. The van der Waals surface area contributed by atoms with Crippen molar-refractivity contribution in [2.45, 2.75) is 10.6 Å². The Kier molecular flexibility index (Phi) is 3.98. The third kappa shape index (κ3) is 3.40. The Morgan fingerprint density at radius 3 is 2.89 bits per heavy atom. The van der Waals surface area contributed by atoms with Crippen LogP contribution in [0, 0.1) is 0 Å². The Labute approximate surface area is 113 Å². The molecule has 7 nitrogen and oxygen atoms in total. The van der Waals surface area contributed by atoms with E-state index >= 15 is 0 Å². The molecule has 3 N–H and O–H groups in total. The van der Waals surface area contributed by atoms with Crippen molar-refractivity contribution >= 4 is 27.3 Å². The first-order valence-electron chi connectivity index (χ1n) is 5.29. The number of carbonyl (C=O) groups is 1. The summed E-state index contributed by atoms with van der Waals surface area (Å²) in [6.45, 7) is 0.191. The summed E-state index contributed by atoms with van der Waals surface area (Å²) in [6, 6.07) is 1.14. The van der Waals surface area contributed by atoms with Crippen LogP contribution in [0.2, 0.25) is 0 Å². The zero-order chi connectivity index (χ0) is 13.9. The van der Waals surface area contributed by atoms with Crippen LogP contribution < -0.4 is 4.72 Å². The lowest BCUT2D eigenvalue weighted by Gasteiger charge is -2.02. The van der Waals surface area contributed by atoms with Crippen molar-refractivity contribution < 1.29 is 18.3 Å². The van der Waals surface area contributed by atoms with Gasteiger partial charge in [-0.2, -0.15) is 0 Å². The SMILES string of the molecule is O=C(O)c1csc(S(=O)(=O)NCCc2ncc[nH]2)c1. The van der Waals surface area contributed by atoms with E-state index in [4.69, 9.17) is 5.11 Å². The zero-order valence-electron chi connectivity index (χ0n) is 9.66. The monoisotopic (exact) mass is 301 g/mol. The molecule has 2 heterocycles. The van der Waals surface area contributed by atoms with E-state index in [0.717, 1.165) is 17.4 Å². The Bertz CT molecular complexity index is 661. The number of imidazole rings is 1. The highest BCUT2D eigenvalue weighted by Gasteiger charge is 2.18. The highest BCUT2D eigenvalue weighted by Crippen LogP contribution is 2.19. The lowest BCUT2D eigenvalue weighted by Crippen LogP contribution is -2.25. The van der Waals surface area contributed by atoms with Gasteiger partial charge in [0.15, 0.2) is 0 Å². The molecule has 0 saturated carbocycles. The molecule has 0 aromatic carbocycles. The molecule has 2 aromatic rings. The number of H-pyrrole nitrogens is 1. The standard InChI is InChI=1S/C10H11N3O4S2/c14-10(15)7-5-9(18-6-7)19(16,17)13-2-1-8-11-3-4-12-8/h3-6,13H,1-2H2,(H,11,12)(H,14,15). The molecular formula is C10H11N3O4S2. The molecule has 0 spiro atoms. The molecule has 0 fully saturated rings. The molecule has 0 unspecified atom stereocenters. The smallest absolute Gasteiger partial charge is 0.336 e. The summed E-state index contributed by atoms with van der Waals surface area (Å²) in [5.41, 5.74) is -0.0311. The second kappa shape index (κ2) is 5.51. The molecule has 2 aromatic heterocycles. The zero-order valence-corrected chi connectivity index (χ0v) is 11.3. The maximum atomic E-state index is 11.9. The van der Waals surface area contributed by atoms with E-state index in [-0.39, 0.29) is 16.3 Å². The number of nitrogens with zero attached hydrogens (tertiary/aromatic N) is 1. The minimum absolute atomic E-state index is 0.00987. The molecule has 2 rings (SSSR count). The summed E-state index contributed by atoms with van der Waals surface area (Å²) >= 11 is 0.878. The van der Waals surface area contributed by atoms with Gasteiger partial charge in [-0.05, 0) is 6.07 Å². The Balaban J connectivity index is 1.99. The number of nitrogens with one attached hydrogen (secondary N) is 2. The fourth-order valence-electron chi connectivity index (χ4n) is 1.38. The molecule has 0 amide bonds. The summed E-state index contributed by atoms with van der Waals surface area (Å²) in [5.74, 6) is -0.464. The molecule has 0 aliphatic heterocycles. The number of sulfonamides is 1. The third-order valence-electron chi connectivity index (χ3n) is 2.30. The van der Waals surface area contributed by atoms with Gasteiger partial charge < -0.3 is 10.1 Å². The molecule has 0 aliphatic carbocycles. The highest BCUT2D eigenvalue weighted by atomic mass is 32.2. The van der Waals surface area contributed by atoms with Crippen LogP contribution in [0.1, 0.15) is 16.2 Å². The number of hydrogen-bond acceptors (Lipinski definition) is 5. The van der Waals surface area contributed by atoms with Crippen LogP contribution in [-0.2, 0) is 16.4 Å². The second-order valence-electron chi connectivity index (χ2n) is 3.64. The summed E-state index contributed by atoms with van der Waals surface area (Å²) < 4.78 is 26.1. The molecule has 0 aliphatic rings. The first-order valence-corrected chi connectivity index (χ1v) is 7.65. The van der Waals surface area contributed by atoms with E-state index in [0.29, 0.717) is 12.2 Å². The van der Waals surface area contributed by atoms with Gasteiger partial charge in [-0.1, -0.05) is 0 Å². The van der Waals surface area contributed by atoms with Gasteiger partial charge in [-0.3, -0.25) is 0 Å². The van der Waals surface area contributed by atoms with E-state index in [1.54, 1.807) is 12.4 Å². The van der Waals surface area contributed by atoms with Gasteiger partial charge in [0.2, 0.25) is 10.0 Å². The highest BCUT2D eigenvalue weighted by molar-refractivity contribution is 7.91. The van der Waals surface area contributed by atoms with Crippen molar-refractivity contribution in [1.82, 2.24) is 14.7 Å². The quantitative estimate of drug-likeness (QED) is 0.726. The number of aromatic carboxylic acids is 1. The van der Waals surface area contributed by atoms with Crippen LogP contribution in [0.4, 0.5) is 0 Å². The summed E-state index contributed by atoms with van der Waals surface area (Å²) in [6.07, 6.45) is 3.67. The van der Waals surface area contributed by atoms with E-state index in [1.165, 1.54) is 5.38 Å². The first-order chi connectivity index (χ1) is 8.99. The molecule has 0 radical (unpaired) electrons. The third-order valence-corrected chi connectivity index (χ3v) is 5.20. The minimum atomic E-state index is -3.66. The second-order valence-corrected chi connectivity index (χ2v) is 6.55. The fraction of sp³-hybridized carbons (Fsp3) is 0.200. The molecule has 0 bridgehead atoms. The lowest BCUT2D eigenvalue weighted by atomic mass is 10.4. The number of aromatic amines is 1. The average Bonchev–Trinajstić information content (AvgIpc) is 2.99. The van der Waals surface area contributed by atoms with Gasteiger partial charge in [-0.15, -0.1) is 11.3 Å². The van der Waals surface area contributed by atoms with E-state index < -0.39 is 16.0 Å². The Hall–Kier alpha value is -1.71. The number of thiophene rings is 1. The van der Waals surface area contributed by atoms with Gasteiger partial charge in [0.05, 0.1) is 5.56 Å². The fourth-order valence-corrected chi connectivity index (χ4v) is 3.61. The topological polar surface area (TPSA) is 112 Å². The molecule has 102 valence electrons. The van der Waals surface area contributed by atoms with Crippen molar-refractivity contribution in [3.63, 3.8) is 0 Å². The summed E-state index contributed by atoms with van der Waals surface area (Å²) in [7, 11) is -3.66. The maximum Gasteiger partial charge on any atom is 0.336 e. The van der Waals surface area contributed by atoms with Crippen molar-refractivity contribution in [1.29, 1.82) is 0 Å². The molecule has 19 heavy (non-hydrogen) atoms. The number of rotatable bonds is 6. The number of aromatic nitrogens is 2. The Morgan fingerprint density at radius 1 is 1.53 bits per heavy atom. The lowest BCUT2D eigenvalue weighted by molar-refractivity contribution is 0.0697. The van der Waals surface area contributed by atoms with Crippen molar-refractivity contribution in [2.75, 3.05) is 6.54 Å². The van der Waals surface area contributed by atoms with Gasteiger partial charge in [0.1, 0.15) is 10.0 Å². The van der Waals surface area contributed by atoms with Crippen LogP contribution in [0.15, 0.2) is 28.0 Å². The molecule has 0 atom stereocenters. The predicted molar refractivity (Wildman–Crippen MR) is 68.8 cm³/mol. The molecule has 9 heteroatoms. The summed E-state index contributed by atoms with van der Waals surface area (Å²) in [5, 5.41) is 10.0. The van der Waals surface area contributed by atoms with Gasteiger partial charge >= 0.3 is 5.97 Å². The van der Waals surface area contributed by atoms with Crippen molar-refractivity contribution in [3.8, 4) is 0 Å². The van der Waals surface area contributed by atoms with Crippen LogP contribution >= 0.6 is 11.3 Å². The van der Waals surface area contributed by atoms with Crippen LogP contribution in [-0.4, -0.2) is 36.0 Å². The van der Waals surface area contributed by atoms with Gasteiger partial charge in [-0.25, -0.2) is 22.9 Å². The van der Waals surface area contributed by atoms with Crippen molar-refractivity contribution in [2.24, 2.45) is 0 Å². The van der Waals surface area contributed by atoms with Crippen LogP contribution in [0.25, 0.3) is 0 Å². The van der Waals surface area contributed by atoms with Crippen LogP contribution in [0.5, 0.6) is 0 Å². The number of carboxylic acid groups (broad SMARTS) is 1. The predicted octanol–water partition coefficient (Wildman–Crippen LogP) is 0.690. The van der Waals surface area contributed by atoms with Gasteiger partial charge in [0, 0.05) is 30.7 Å². The summed E-state index contributed by atoms with van der Waals surface area (Å²) in [4.78, 5) is 17.5. The maximum absolute atomic E-state index is 11.9. The van der Waals surface area contributed by atoms with Crippen molar-refractivity contribution in [3.05, 3.63) is 35.2 Å². The van der Waals surface area contributed by atoms with E-state index in [2.05, 4.69) is 14.7 Å². The average molecular weight is 301 g/mol. The van der Waals surface area contributed by atoms with Crippen LogP contribution in [0.3, 0.4) is 0 Å². The van der Waals surface area contributed by atoms with Gasteiger partial charge in [0.25, 0.3) is 0 Å². The van der Waals surface area contributed by atoms with E-state index in [1.807, 2.05) is 0 Å². The molecule has 0 saturated heterocycles. The number of hydrogen-bond donors (Lipinski definition) is 3. The first kappa shape index (κ1) is 13.7. The Morgan fingerprint density at radius 2 is 2.32 bits per heavy atom. The largest absolute Gasteiger partial charge is 0.478 e. The normalized spacial score (nSPS) is 11.6. The molecular weight excluding hydrogens is 290 g/mol. The minimum Gasteiger partial charge on any atom is -0.478 e. The van der Waals surface area contributed by atoms with E-state index in [9.17, 15) is 13.2 Å².